The van der Waals surface area contributed by atoms with Gasteiger partial charge in [-0.3, -0.25) is 4.79 Å². The van der Waals surface area contributed by atoms with Crippen LogP contribution in [0.4, 0.5) is 0 Å². The van der Waals surface area contributed by atoms with Crippen molar-refractivity contribution >= 4 is 5.97 Å². The van der Waals surface area contributed by atoms with Gasteiger partial charge in [0.15, 0.2) is 0 Å². The minimum atomic E-state index is 0.0300. The van der Waals surface area contributed by atoms with Crippen molar-refractivity contribution in [3.05, 3.63) is 11.6 Å². The molecule has 15 heavy (non-hydrogen) atoms. The normalized spacial score (nSPS) is 34.9. The smallest absolute Gasteiger partial charge is 0.309 e. The number of hydrogen-bond donors (Lipinski definition) is 0. The summed E-state index contributed by atoms with van der Waals surface area (Å²) in [5.41, 5.74) is 1.59. The molecule has 84 valence electrons. The lowest BCUT2D eigenvalue weighted by molar-refractivity contribution is -0.156. The molecule has 2 heteroatoms. The highest BCUT2D eigenvalue weighted by molar-refractivity contribution is 5.73. The maximum absolute atomic E-state index is 11.7. The van der Waals surface area contributed by atoms with Crippen molar-refractivity contribution in [1.82, 2.24) is 0 Å². The summed E-state index contributed by atoms with van der Waals surface area (Å²) >= 11 is 0. The molecule has 0 amide bonds. The van der Waals surface area contributed by atoms with E-state index >= 15 is 0 Å². The molecule has 0 aromatic carbocycles. The van der Waals surface area contributed by atoms with Crippen molar-refractivity contribution in [3.8, 4) is 0 Å². The lowest BCUT2D eigenvalue weighted by atomic mass is 9.70. The molecule has 2 atom stereocenters. The van der Waals surface area contributed by atoms with Gasteiger partial charge in [-0.2, -0.15) is 0 Å². The van der Waals surface area contributed by atoms with Gasteiger partial charge in [-0.1, -0.05) is 25.5 Å². The van der Waals surface area contributed by atoms with E-state index in [9.17, 15) is 4.79 Å². The first-order valence-electron chi connectivity index (χ1n) is 5.87. The van der Waals surface area contributed by atoms with Crippen LogP contribution >= 0.6 is 0 Å². The third-order valence-electron chi connectivity index (χ3n) is 4.31. The largest absolute Gasteiger partial charge is 0.465 e. The Bertz CT molecular complexity index is 302. The minimum Gasteiger partial charge on any atom is -0.465 e. The topological polar surface area (TPSA) is 26.3 Å². The highest BCUT2D eigenvalue weighted by atomic mass is 16.5. The fourth-order valence-electron chi connectivity index (χ4n) is 2.89. The van der Waals surface area contributed by atoms with Crippen LogP contribution in [0.5, 0.6) is 0 Å². The Morgan fingerprint density at radius 3 is 2.73 bits per heavy atom. The van der Waals surface area contributed by atoms with E-state index in [1.807, 2.05) is 0 Å². The van der Waals surface area contributed by atoms with Crippen LogP contribution in [0.2, 0.25) is 0 Å². The second kappa shape index (κ2) is 3.66. The van der Waals surface area contributed by atoms with Gasteiger partial charge in [-0.15, -0.1) is 0 Å². The number of cyclic esters (lactones) is 1. The summed E-state index contributed by atoms with van der Waals surface area (Å²) in [5, 5.41) is 0. The van der Waals surface area contributed by atoms with E-state index in [1.165, 1.54) is 5.57 Å². The van der Waals surface area contributed by atoms with Crippen molar-refractivity contribution in [2.75, 3.05) is 6.61 Å². The Morgan fingerprint density at radius 1 is 1.47 bits per heavy atom. The van der Waals surface area contributed by atoms with E-state index in [2.05, 4.69) is 26.8 Å². The summed E-state index contributed by atoms with van der Waals surface area (Å²) in [6.45, 7) is 7.29. The molecule has 0 aromatic rings. The fraction of sp³-hybridized carbons (Fsp3) is 0.769. The molecule has 2 aliphatic rings. The molecule has 0 radical (unpaired) electrons. The van der Waals surface area contributed by atoms with Crippen LogP contribution in [0.3, 0.4) is 0 Å². The molecular weight excluding hydrogens is 188 g/mol. The quantitative estimate of drug-likeness (QED) is 0.489. The summed E-state index contributed by atoms with van der Waals surface area (Å²) in [6, 6.07) is 0. The van der Waals surface area contributed by atoms with E-state index in [0.29, 0.717) is 12.5 Å². The van der Waals surface area contributed by atoms with Gasteiger partial charge in [0.2, 0.25) is 0 Å². The van der Waals surface area contributed by atoms with Crippen molar-refractivity contribution in [2.45, 2.75) is 40.0 Å². The van der Waals surface area contributed by atoms with Gasteiger partial charge < -0.3 is 4.74 Å². The van der Waals surface area contributed by atoms with E-state index in [1.54, 1.807) is 0 Å². The zero-order valence-electron chi connectivity index (χ0n) is 9.88. The number of allylic oxidation sites excluding steroid dienone is 2. The molecule has 0 spiro atoms. The summed E-state index contributed by atoms with van der Waals surface area (Å²) in [4.78, 5) is 11.7. The first kappa shape index (κ1) is 10.7. The van der Waals surface area contributed by atoms with Crippen LogP contribution in [0.1, 0.15) is 40.0 Å². The minimum absolute atomic E-state index is 0.0300. The summed E-state index contributed by atoms with van der Waals surface area (Å²) in [7, 11) is 0. The van der Waals surface area contributed by atoms with Crippen molar-refractivity contribution in [3.63, 3.8) is 0 Å². The molecule has 1 aliphatic carbocycles. The van der Waals surface area contributed by atoms with E-state index in [4.69, 9.17) is 4.74 Å². The van der Waals surface area contributed by atoms with Crippen molar-refractivity contribution in [2.24, 2.45) is 17.3 Å². The molecule has 2 rings (SSSR count). The lowest BCUT2D eigenvalue weighted by Gasteiger charge is -2.36. The van der Waals surface area contributed by atoms with Gasteiger partial charge in [-0.25, -0.2) is 0 Å². The standard InChI is InChI=1S/C13H20O2/c1-9-6-7-11(13(9,2)3)10-5-4-8-15-12(10)14/h6,10-11H,4-5,7-8H2,1-3H3. The highest BCUT2D eigenvalue weighted by Gasteiger charge is 2.43. The zero-order chi connectivity index (χ0) is 11.1. The van der Waals surface area contributed by atoms with Crippen molar-refractivity contribution in [1.29, 1.82) is 0 Å². The van der Waals surface area contributed by atoms with Crippen LogP contribution in [0.25, 0.3) is 0 Å². The molecule has 2 unspecified atom stereocenters. The number of rotatable bonds is 1. The molecular formula is C13H20O2. The van der Waals surface area contributed by atoms with Gasteiger partial charge in [-0.05, 0) is 37.5 Å². The Labute approximate surface area is 91.7 Å². The molecule has 1 aliphatic heterocycles. The first-order valence-corrected chi connectivity index (χ1v) is 5.87. The van der Waals surface area contributed by atoms with Gasteiger partial charge in [0.1, 0.15) is 0 Å². The van der Waals surface area contributed by atoms with Crippen molar-refractivity contribution < 1.29 is 9.53 Å². The Kier molecular flexibility index (Phi) is 2.61. The number of carbonyl (C=O) groups excluding carboxylic acids is 1. The van der Waals surface area contributed by atoms with E-state index in [0.717, 1.165) is 19.3 Å². The maximum atomic E-state index is 11.7. The summed E-state index contributed by atoms with van der Waals surface area (Å²) in [6.07, 6.45) is 5.36. The molecule has 1 fully saturated rings. The molecule has 1 heterocycles. The third-order valence-corrected chi connectivity index (χ3v) is 4.31. The van der Waals surface area contributed by atoms with Gasteiger partial charge in [0.25, 0.3) is 0 Å². The first-order chi connectivity index (χ1) is 7.03. The monoisotopic (exact) mass is 208 g/mol. The van der Waals surface area contributed by atoms with Crippen LogP contribution in [0.15, 0.2) is 11.6 Å². The average molecular weight is 208 g/mol. The number of ether oxygens (including phenoxy) is 1. The molecule has 2 nitrogen and oxygen atoms in total. The van der Waals surface area contributed by atoms with Gasteiger partial charge >= 0.3 is 5.97 Å². The van der Waals surface area contributed by atoms with Gasteiger partial charge in [0.05, 0.1) is 12.5 Å². The molecule has 0 N–H and O–H groups in total. The molecule has 0 bridgehead atoms. The van der Waals surface area contributed by atoms with Crippen LogP contribution < -0.4 is 0 Å². The fourth-order valence-corrected chi connectivity index (χ4v) is 2.89. The average Bonchev–Trinajstić information content (AvgIpc) is 2.44. The van der Waals surface area contributed by atoms with E-state index < -0.39 is 0 Å². The summed E-state index contributed by atoms with van der Waals surface area (Å²) in [5.74, 6) is 0.607. The van der Waals surface area contributed by atoms with Crippen LogP contribution in [-0.4, -0.2) is 12.6 Å². The van der Waals surface area contributed by atoms with E-state index in [-0.39, 0.29) is 17.3 Å². The second-order valence-corrected chi connectivity index (χ2v) is 5.37. The predicted octanol–water partition coefficient (Wildman–Crippen LogP) is 2.93. The zero-order valence-corrected chi connectivity index (χ0v) is 9.88. The molecule has 0 aromatic heterocycles. The maximum Gasteiger partial charge on any atom is 0.309 e. The lowest BCUT2D eigenvalue weighted by Crippen LogP contribution is -2.36. The predicted molar refractivity (Wildman–Crippen MR) is 59.3 cm³/mol. The Hall–Kier alpha value is -0.790. The second-order valence-electron chi connectivity index (χ2n) is 5.37. The molecule has 1 saturated heterocycles. The number of carbonyl (C=O) groups is 1. The Morgan fingerprint density at radius 2 is 2.20 bits per heavy atom. The highest BCUT2D eigenvalue weighted by Crippen LogP contribution is 2.48. The molecule has 0 saturated carbocycles. The Balaban J connectivity index is 2.15. The van der Waals surface area contributed by atoms with Gasteiger partial charge in [0, 0.05) is 0 Å². The number of esters is 1. The number of hydrogen-bond acceptors (Lipinski definition) is 2. The van der Waals surface area contributed by atoms with Crippen LogP contribution in [0, 0.1) is 17.3 Å². The SMILES string of the molecule is CC1=CCC(C2CCCOC2=O)C1(C)C. The summed E-state index contributed by atoms with van der Waals surface area (Å²) < 4.78 is 5.17. The third kappa shape index (κ3) is 1.70. The van der Waals surface area contributed by atoms with Crippen LogP contribution in [-0.2, 0) is 9.53 Å².